The van der Waals surface area contributed by atoms with Crippen molar-refractivity contribution in [3.63, 3.8) is 0 Å². The maximum Gasteiger partial charge on any atom is 0.100 e. The SMILES string of the molecule is N#Cc1csc(CNCCn2ccnc2)c1. The van der Waals surface area contributed by atoms with Gasteiger partial charge in [0.1, 0.15) is 6.07 Å². The molecule has 2 rings (SSSR count). The van der Waals surface area contributed by atoms with E-state index in [4.69, 9.17) is 5.26 Å². The Morgan fingerprint density at radius 1 is 1.56 bits per heavy atom. The third-order valence-electron chi connectivity index (χ3n) is 2.19. The van der Waals surface area contributed by atoms with Gasteiger partial charge < -0.3 is 9.88 Å². The molecule has 0 unspecified atom stereocenters. The monoisotopic (exact) mass is 232 g/mol. The number of hydrogen-bond acceptors (Lipinski definition) is 4. The molecule has 0 saturated carbocycles. The van der Waals surface area contributed by atoms with Crippen molar-refractivity contribution < 1.29 is 0 Å². The average molecular weight is 232 g/mol. The molecule has 0 saturated heterocycles. The van der Waals surface area contributed by atoms with Crippen LogP contribution in [-0.2, 0) is 13.1 Å². The average Bonchev–Trinajstić information content (AvgIpc) is 2.95. The second-order valence-corrected chi connectivity index (χ2v) is 4.39. The summed E-state index contributed by atoms with van der Waals surface area (Å²) in [5.74, 6) is 0. The lowest BCUT2D eigenvalue weighted by Crippen LogP contribution is -2.18. The summed E-state index contributed by atoms with van der Waals surface area (Å²) in [5, 5.41) is 13.9. The van der Waals surface area contributed by atoms with E-state index in [0.717, 1.165) is 25.2 Å². The lowest BCUT2D eigenvalue weighted by molar-refractivity contribution is 0.600. The topological polar surface area (TPSA) is 53.6 Å². The predicted molar refractivity (Wildman–Crippen MR) is 63.0 cm³/mol. The molecule has 82 valence electrons. The highest BCUT2D eigenvalue weighted by atomic mass is 32.1. The molecule has 0 amide bonds. The van der Waals surface area contributed by atoms with Crippen LogP contribution in [0.4, 0.5) is 0 Å². The van der Waals surface area contributed by atoms with Gasteiger partial charge in [-0.05, 0) is 6.07 Å². The standard InChI is InChI=1S/C11H12N4S/c12-6-10-5-11(16-8-10)7-13-1-3-15-4-2-14-9-15/h2,4-5,8-9,13H,1,3,7H2. The number of imidazole rings is 1. The first-order chi connectivity index (χ1) is 7.88. The Bertz CT molecular complexity index is 466. The van der Waals surface area contributed by atoms with E-state index in [1.54, 1.807) is 23.9 Å². The van der Waals surface area contributed by atoms with E-state index < -0.39 is 0 Å². The fourth-order valence-corrected chi connectivity index (χ4v) is 2.15. The van der Waals surface area contributed by atoms with E-state index in [0.29, 0.717) is 0 Å². The highest BCUT2D eigenvalue weighted by Gasteiger charge is 1.98. The van der Waals surface area contributed by atoms with Gasteiger partial charge in [0.15, 0.2) is 0 Å². The third-order valence-corrected chi connectivity index (χ3v) is 3.12. The highest BCUT2D eigenvalue weighted by molar-refractivity contribution is 7.10. The fraction of sp³-hybridized carbons (Fsp3) is 0.273. The lowest BCUT2D eigenvalue weighted by atomic mass is 10.3. The molecule has 0 aliphatic carbocycles. The first-order valence-electron chi connectivity index (χ1n) is 5.02. The maximum atomic E-state index is 8.67. The van der Waals surface area contributed by atoms with Crippen LogP contribution >= 0.6 is 11.3 Å². The number of aromatic nitrogens is 2. The van der Waals surface area contributed by atoms with Crippen LogP contribution in [-0.4, -0.2) is 16.1 Å². The molecule has 2 aromatic rings. The van der Waals surface area contributed by atoms with E-state index in [1.165, 1.54) is 4.88 Å². The Kier molecular flexibility index (Phi) is 3.70. The molecular weight excluding hydrogens is 220 g/mol. The van der Waals surface area contributed by atoms with Gasteiger partial charge in [-0.1, -0.05) is 0 Å². The highest BCUT2D eigenvalue weighted by Crippen LogP contribution is 2.12. The predicted octanol–water partition coefficient (Wildman–Crippen LogP) is 1.61. The van der Waals surface area contributed by atoms with Crippen molar-refractivity contribution in [1.29, 1.82) is 5.26 Å². The molecule has 0 radical (unpaired) electrons. The molecule has 0 atom stereocenters. The van der Waals surface area contributed by atoms with Crippen LogP contribution in [0.3, 0.4) is 0 Å². The molecule has 4 nitrogen and oxygen atoms in total. The van der Waals surface area contributed by atoms with Crippen LogP contribution in [0.15, 0.2) is 30.2 Å². The molecule has 0 spiro atoms. The number of nitrogens with zero attached hydrogens (tertiary/aromatic N) is 3. The molecule has 0 aliphatic rings. The number of thiophene rings is 1. The summed E-state index contributed by atoms with van der Waals surface area (Å²) < 4.78 is 2.03. The van der Waals surface area contributed by atoms with E-state index in [9.17, 15) is 0 Å². The molecule has 5 heteroatoms. The molecule has 0 aromatic carbocycles. The molecule has 0 bridgehead atoms. The van der Waals surface area contributed by atoms with E-state index in [-0.39, 0.29) is 0 Å². The van der Waals surface area contributed by atoms with Crippen molar-refractivity contribution >= 4 is 11.3 Å². The first-order valence-corrected chi connectivity index (χ1v) is 5.90. The van der Waals surface area contributed by atoms with Crippen LogP contribution in [0.25, 0.3) is 0 Å². The van der Waals surface area contributed by atoms with Crippen LogP contribution in [0, 0.1) is 11.3 Å². The minimum absolute atomic E-state index is 0.747. The van der Waals surface area contributed by atoms with Crippen LogP contribution < -0.4 is 5.32 Å². The molecular formula is C11H12N4S. The number of nitrogens with one attached hydrogen (secondary N) is 1. The smallest absolute Gasteiger partial charge is 0.100 e. The number of hydrogen-bond donors (Lipinski definition) is 1. The number of nitriles is 1. The Balaban J connectivity index is 1.70. The number of rotatable bonds is 5. The summed E-state index contributed by atoms with van der Waals surface area (Å²) >= 11 is 1.62. The van der Waals surface area contributed by atoms with Gasteiger partial charge in [-0.3, -0.25) is 0 Å². The molecule has 2 aromatic heterocycles. The van der Waals surface area contributed by atoms with Crippen LogP contribution in [0.2, 0.25) is 0 Å². The van der Waals surface area contributed by atoms with Crippen molar-refractivity contribution in [2.24, 2.45) is 0 Å². The lowest BCUT2D eigenvalue weighted by Gasteiger charge is -2.03. The summed E-state index contributed by atoms with van der Waals surface area (Å²) in [6.45, 7) is 2.63. The molecule has 1 N–H and O–H groups in total. The largest absolute Gasteiger partial charge is 0.336 e. The summed E-state index contributed by atoms with van der Waals surface area (Å²) in [6, 6.07) is 4.06. The molecule has 2 heterocycles. The van der Waals surface area contributed by atoms with Crippen LogP contribution in [0.5, 0.6) is 0 Å². The second kappa shape index (κ2) is 5.45. The maximum absolute atomic E-state index is 8.67. The zero-order chi connectivity index (χ0) is 11.2. The van der Waals surface area contributed by atoms with Gasteiger partial charge in [0.2, 0.25) is 0 Å². The van der Waals surface area contributed by atoms with Gasteiger partial charge in [0, 0.05) is 42.3 Å². The molecule has 0 fully saturated rings. The Morgan fingerprint density at radius 2 is 2.50 bits per heavy atom. The quantitative estimate of drug-likeness (QED) is 0.797. The third kappa shape index (κ3) is 2.92. The zero-order valence-electron chi connectivity index (χ0n) is 8.76. The summed E-state index contributed by atoms with van der Waals surface area (Å²) in [4.78, 5) is 5.17. The molecule has 0 aliphatic heterocycles. The Labute approximate surface area is 98.2 Å². The van der Waals surface area contributed by atoms with Gasteiger partial charge in [0.25, 0.3) is 0 Å². The second-order valence-electron chi connectivity index (χ2n) is 3.39. The van der Waals surface area contributed by atoms with Gasteiger partial charge in [-0.25, -0.2) is 4.98 Å². The van der Waals surface area contributed by atoms with E-state index in [1.807, 2.05) is 22.2 Å². The minimum Gasteiger partial charge on any atom is -0.336 e. The minimum atomic E-state index is 0.747. The summed E-state index contributed by atoms with van der Waals surface area (Å²) in [7, 11) is 0. The Hall–Kier alpha value is -1.64. The normalized spacial score (nSPS) is 10.2. The van der Waals surface area contributed by atoms with Crippen LogP contribution in [0.1, 0.15) is 10.4 Å². The van der Waals surface area contributed by atoms with Crippen molar-refractivity contribution in [3.8, 4) is 6.07 Å². The van der Waals surface area contributed by atoms with Crippen molar-refractivity contribution in [2.45, 2.75) is 13.1 Å². The van der Waals surface area contributed by atoms with Crippen molar-refractivity contribution in [2.75, 3.05) is 6.54 Å². The van der Waals surface area contributed by atoms with E-state index >= 15 is 0 Å². The van der Waals surface area contributed by atoms with Gasteiger partial charge in [-0.15, -0.1) is 11.3 Å². The van der Waals surface area contributed by atoms with Crippen molar-refractivity contribution in [1.82, 2.24) is 14.9 Å². The Morgan fingerprint density at radius 3 is 3.19 bits per heavy atom. The summed E-state index contributed by atoms with van der Waals surface area (Å²) in [5.41, 5.74) is 0.747. The van der Waals surface area contributed by atoms with Gasteiger partial charge in [-0.2, -0.15) is 5.26 Å². The zero-order valence-corrected chi connectivity index (χ0v) is 9.57. The molecule has 16 heavy (non-hydrogen) atoms. The first kappa shape index (κ1) is 10.9. The van der Waals surface area contributed by atoms with Gasteiger partial charge in [0.05, 0.1) is 11.9 Å². The summed E-state index contributed by atoms with van der Waals surface area (Å²) in [6.07, 6.45) is 5.53. The van der Waals surface area contributed by atoms with E-state index in [2.05, 4.69) is 16.4 Å². The van der Waals surface area contributed by atoms with Gasteiger partial charge >= 0.3 is 0 Å². The van der Waals surface area contributed by atoms with Crippen molar-refractivity contribution in [3.05, 3.63) is 40.6 Å². The fourth-order valence-electron chi connectivity index (χ4n) is 1.37.